The van der Waals surface area contributed by atoms with Gasteiger partial charge in [-0.25, -0.2) is 0 Å². The van der Waals surface area contributed by atoms with Crippen LogP contribution in [0.3, 0.4) is 0 Å². The lowest BCUT2D eigenvalue weighted by molar-refractivity contribution is -0.325. The Labute approximate surface area is 106 Å². The van der Waals surface area contributed by atoms with Crippen molar-refractivity contribution in [2.24, 2.45) is 23.2 Å². The summed E-state index contributed by atoms with van der Waals surface area (Å²) in [5.74, 6) is 2.44. The van der Waals surface area contributed by atoms with E-state index in [0.717, 1.165) is 21.7 Å². The average Bonchev–Trinajstić information content (AvgIpc) is 2.78. The number of ether oxygens (including phenoxy) is 2. The maximum absolute atomic E-state index is 9.25. The van der Waals surface area contributed by atoms with Crippen molar-refractivity contribution in [3.63, 3.8) is 0 Å². The molecule has 1 saturated heterocycles. The molecule has 1 N–H and O–H groups in total. The van der Waals surface area contributed by atoms with Crippen LogP contribution in [0, 0.1) is 23.2 Å². The second-order valence-corrected chi connectivity index (χ2v) is 7.87. The Kier molecular flexibility index (Phi) is 2.89. The van der Waals surface area contributed by atoms with Gasteiger partial charge in [-0.2, -0.15) is 0 Å². The van der Waals surface area contributed by atoms with Crippen LogP contribution >= 0.6 is 20.7 Å². The normalized spacial score (nSPS) is 56.0. The minimum atomic E-state index is -0.991. The molecule has 3 nitrogen and oxygen atoms in total. The standard InChI is InChI=1S/C12H19IO3/c1-7-8-3-9(10(7)13-2)12(4-8)5-15-11(14)16-6-12/h7-11,14H,2-6H2,1H3. The highest BCUT2D eigenvalue weighted by atomic mass is 127. The molecule has 0 aromatic rings. The number of aliphatic hydroxyl groups excluding tert-OH is 1. The summed E-state index contributed by atoms with van der Waals surface area (Å²) >= 11 is 0.0596. The predicted octanol–water partition coefficient (Wildman–Crippen LogP) is 1.74. The number of hydrogen-bond donors (Lipinski definition) is 1. The van der Waals surface area contributed by atoms with Gasteiger partial charge in [-0.15, -0.1) is 20.7 Å². The first-order valence-corrected chi connectivity index (χ1v) is 8.72. The van der Waals surface area contributed by atoms with Gasteiger partial charge < -0.3 is 14.6 Å². The second-order valence-electron chi connectivity index (χ2n) is 5.56. The van der Waals surface area contributed by atoms with E-state index in [1.165, 1.54) is 12.8 Å². The molecule has 2 bridgehead atoms. The Hall–Kier alpha value is 0.480. The van der Waals surface area contributed by atoms with Gasteiger partial charge in [0.2, 0.25) is 0 Å². The van der Waals surface area contributed by atoms with Crippen molar-refractivity contribution in [3.05, 3.63) is 0 Å². The molecule has 0 amide bonds. The average molecular weight is 338 g/mol. The molecule has 2 aliphatic carbocycles. The Morgan fingerprint density at radius 1 is 1.38 bits per heavy atom. The van der Waals surface area contributed by atoms with E-state index < -0.39 is 6.48 Å². The summed E-state index contributed by atoms with van der Waals surface area (Å²) in [7, 11) is 0. The molecule has 0 aromatic heterocycles. The molecule has 1 heterocycles. The van der Waals surface area contributed by atoms with E-state index in [1.54, 1.807) is 0 Å². The first kappa shape index (κ1) is 11.6. The van der Waals surface area contributed by atoms with Crippen molar-refractivity contribution in [3.8, 4) is 0 Å². The minimum absolute atomic E-state index is 0.0596. The fourth-order valence-electron chi connectivity index (χ4n) is 3.97. The number of rotatable bonds is 1. The van der Waals surface area contributed by atoms with Crippen molar-refractivity contribution in [2.45, 2.75) is 30.2 Å². The largest absolute Gasteiger partial charge is 0.346 e. The summed E-state index contributed by atoms with van der Waals surface area (Å²) < 4.78 is 15.7. The molecule has 1 aliphatic heterocycles. The summed E-state index contributed by atoms with van der Waals surface area (Å²) in [6, 6.07) is 0. The molecule has 3 aliphatic rings. The first-order chi connectivity index (χ1) is 7.66. The van der Waals surface area contributed by atoms with Crippen LogP contribution in [0.2, 0.25) is 0 Å². The van der Waals surface area contributed by atoms with E-state index in [0.29, 0.717) is 13.2 Å². The molecule has 2 saturated carbocycles. The number of alkyl halides is 1. The third-order valence-corrected chi connectivity index (χ3v) is 7.87. The SMILES string of the molecule is C=IC1C(C)C2CC1C1(COC(O)OC1)C2. The molecule has 3 rings (SSSR count). The van der Waals surface area contributed by atoms with E-state index >= 15 is 0 Å². The minimum Gasteiger partial charge on any atom is -0.346 e. The molecule has 4 heteroatoms. The van der Waals surface area contributed by atoms with Gasteiger partial charge in [0.15, 0.2) is 0 Å². The topological polar surface area (TPSA) is 38.7 Å². The van der Waals surface area contributed by atoms with Crippen LogP contribution in [0.25, 0.3) is 0 Å². The highest BCUT2D eigenvalue weighted by molar-refractivity contribution is 14.2. The van der Waals surface area contributed by atoms with Gasteiger partial charge in [0.05, 0.1) is 13.2 Å². The third kappa shape index (κ3) is 1.53. The number of hydrogen-bond acceptors (Lipinski definition) is 3. The Morgan fingerprint density at radius 2 is 2.06 bits per heavy atom. The Bertz CT molecular complexity index is 299. The lowest BCUT2D eigenvalue weighted by Gasteiger charge is -2.45. The highest BCUT2D eigenvalue weighted by Gasteiger charge is 2.59. The zero-order valence-electron chi connectivity index (χ0n) is 9.56. The lowest BCUT2D eigenvalue weighted by Crippen LogP contribution is -2.49. The fraction of sp³-hybridized carbons (Fsp3) is 0.917. The van der Waals surface area contributed by atoms with Gasteiger partial charge in [-0.3, -0.25) is 0 Å². The summed E-state index contributed by atoms with van der Waals surface area (Å²) in [5.41, 5.74) is 0.207. The molecule has 1 spiro atoms. The second kappa shape index (κ2) is 4.00. The van der Waals surface area contributed by atoms with Gasteiger partial charge in [-0.05, 0) is 30.6 Å². The summed E-state index contributed by atoms with van der Waals surface area (Å²) in [5, 5.41) is 9.25. The van der Waals surface area contributed by atoms with Crippen molar-refractivity contribution in [1.82, 2.24) is 0 Å². The van der Waals surface area contributed by atoms with E-state index in [9.17, 15) is 5.11 Å². The molecule has 3 fully saturated rings. The Morgan fingerprint density at radius 3 is 2.62 bits per heavy atom. The fourth-order valence-corrected chi connectivity index (χ4v) is 7.03. The Balaban J connectivity index is 1.82. The van der Waals surface area contributed by atoms with E-state index in [-0.39, 0.29) is 26.1 Å². The first-order valence-electron chi connectivity index (χ1n) is 5.94. The lowest BCUT2D eigenvalue weighted by atomic mass is 9.71. The molecule has 0 radical (unpaired) electrons. The van der Waals surface area contributed by atoms with Crippen molar-refractivity contribution in [1.29, 1.82) is 0 Å². The molecule has 0 aromatic carbocycles. The van der Waals surface area contributed by atoms with Gasteiger partial charge in [-0.1, -0.05) is 11.4 Å². The number of fused-ring (bicyclic) bond motifs is 3. The van der Waals surface area contributed by atoms with E-state index in [4.69, 9.17) is 9.47 Å². The quantitative estimate of drug-likeness (QED) is 0.585. The van der Waals surface area contributed by atoms with Crippen LogP contribution in [0.4, 0.5) is 0 Å². The van der Waals surface area contributed by atoms with Gasteiger partial charge >= 0.3 is 0 Å². The van der Waals surface area contributed by atoms with Crippen LogP contribution in [-0.4, -0.2) is 33.2 Å². The molecular formula is C12H19IO3. The summed E-state index contributed by atoms with van der Waals surface area (Å²) in [6.07, 6.45) is 2.57. The van der Waals surface area contributed by atoms with Crippen LogP contribution in [-0.2, 0) is 9.47 Å². The van der Waals surface area contributed by atoms with E-state index in [1.807, 2.05) is 0 Å². The molecule has 16 heavy (non-hydrogen) atoms. The highest BCUT2D eigenvalue weighted by Crippen LogP contribution is 2.62. The van der Waals surface area contributed by atoms with Gasteiger partial charge in [0.1, 0.15) is 0 Å². The molecule has 4 atom stereocenters. The molecule has 4 unspecified atom stereocenters. The number of halogens is 1. The molecule has 92 valence electrons. The van der Waals surface area contributed by atoms with Crippen molar-refractivity contribution in [2.75, 3.05) is 13.2 Å². The van der Waals surface area contributed by atoms with Gasteiger partial charge in [0.25, 0.3) is 6.48 Å². The summed E-state index contributed by atoms with van der Waals surface area (Å²) in [6.45, 7) is 2.77. The van der Waals surface area contributed by atoms with Crippen LogP contribution < -0.4 is 0 Å². The maximum Gasteiger partial charge on any atom is 0.269 e. The number of aliphatic hydroxyl groups is 1. The summed E-state index contributed by atoms with van der Waals surface area (Å²) in [4.78, 5) is 0. The van der Waals surface area contributed by atoms with Crippen LogP contribution in [0.5, 0.6) is 0 Å². The van der Waals surface area contributed by atoms with E-state index in [2.05, 4.69) is 11.4 Å². The van der Waals surface area contributed by atoms with Gasteiger partial charge in [0, 0.05) is 9.34 Å². The maximum atomic E-state index is 9.25. The van der Waals surface area contributed by atoms with Crippen molar-refractivity contribution >= 4 is 25.2 Å². The monoisotopic (exact) mass is 338 g/mol. The molecular weight excluding hydrogens is 319 g/mol. The van der Waals surface area contributed by atoms with Crippen LogP contribution in [0.1, 0.15) is 19.8 Å². The zero-order valence-corrected chi connectivity index (χ0v) is 11.7. The third-order valence-electron chi connectivity index (χ3n) is 4.85. The zero-order chi connectivity index (χ0) is 11.3. The smallest absolute Gasteiger partial charge is 0.269 e. The van der Waals surface area contributed by atoms with Crippen LogP contribution in [0.15, 0.2) is 0 Å². The predicted molar refractivity (Wildman–Crippen MR) is 70.7 cm³/mol. The van der Waals surface area contributed by atoms with Crippen molar-refractivity contribution < 1.29 is 14.6 Å².